The summed E-state index contributed by atoms with van der Waals surface area (Å²) in [6, 6.07) is 6.33. The number of pyridine rings is 1. The first-order valence-electron chi connectivity index (χ1n) is 7.18. The Morgan fingerprint density at radius 2 is 2.05 bits per heavy atom. The van der Waals surface area contributed by atoms with Gasteiger partial charge in [0, 0.05) is 11.1 Å². The number of fused-ring (bicyclic) bond motifs is 2. The van der Waals surface area contributed by atoms with Crippen molar-refractivity contribution in [1.29, 1.82) is 0 Å². The molecule has 1 aromatic heterocycles. The van der Waals surface area contributed by atoms with Crippen LogP contribution >= 0.6 is 0 Å². The molecule has 1 aliphatic rings. The Morgan fingerprint density at radius 3 is 2.74 bits per heavy atom. The van der Waals surface area contributed by atoms with Gasteiger partial charge in [-0.25, -0.2) is 0 Å². The van der Waals surface area contributed by atoms with Crippen LogP contribution in [0.4, 0.5) is 0 Å². The third kappa shape index (κ3) is 1.95. The van der Waals surface area contributed by atoms with Gasteiger partial charge in [-0.2, -0.15) is 0 Å². The number of hydrogen-bond donors (Lipinski definition) is 1. The van der Waals surface area contributed by atoms with Crippen LogP contribution in [0.25, 0.3) is 10.9 Å². The summed E-state index contributed by atoms with van der Waals surface area (Å²) in [4.78, 5) is 4.89. The van der Waals surface area contributed by atoms with Gasteiger partial charge in [0.25, 0.3) is 0 Å². The second-order valence-corrected chi connectivity index (χ2v) is 5.99. The summed E-state index contributed by atoms with van der Waals surface area (Å²) in [6.45, 7) is 5.94. The molecule has 0 atom stereocenters. The maximum absolute atomic E-state index is 10.6. The van der Waals surface area contributed by atoms with Gasteiger partial charge in [-0.05, 0) is 56.2 Å². The summed E-state index contributed by atoms with van der Waals surface area (Å²) in [5, 5.41) is 11.7. The molecular weight excluding hydrogens is 234 g/mol. The number of aryl methyl sites for hydroxylation is 2. The largest absolute Gasteiger partial charge is 0.386 e. The first-order valence-corrected chi connectivity index (χ1v) is 7.18. The molecule has 0 saturated carbocycles. The summed E-state index contributed by atoms with van der Waals surface area (Å²) >= 11 is 0. The fourth-order valence-electron chi connectivity index (χ4n) is 3.33. The number of benzene rings is 1. The molecule has 19 heavy (non-hydrogen) atoms. The lowest BCUT2D eigenvalue weighted by atomic mass is 9.88. The molecule has 1 aromatic carbocycles. The normalized spacial score (nSPS) is 14.9. The molecule has 0 radical (unpaired) electrons. The molecule has 1 N–H and O–H groups in total. The predicted octanol–water partition coefficient (Wildman–Crippen LogP) is 3.51. The van der Waals surface area contributed by atoms with Crippen molar-refractivity contribution in [2.45, 2.75) is 52.1 Å². The molecule has 0 bridgehead atoms. The number of hydrogen-bond acceptors (Lipinski definition) is 2. The SMILES string of the molecule is CCc1cccc2c(C(C)(C)O)c3c(nc12)CCC3. The van der Waals surface area contributed by atoms with Gasteiger partial charge in [-0.1, -0.05) is 25.1 Å². The van der Waals surface area contributed by atoms with E-state index in [1.165, 1.54) is 16.8 Å². The van der Waals surface area contributed by atoms with E-state index in [0.29, 0.717) is 0 Å². The third-order valence-electron chi connectivity index (χ3n) is 4.12. The van der Waals surface area contributed by atoms with Crippen molar-refractivity contribution in [3.63, 3.8) is 0 Å². The van der Waals surface area contributed by atoms with Gasteiger partial charge in [0.05, 0.1) is 11.1 Å². The second-order valence-electron chi connectivity index (χ2n) is 5.99. The van der Waals surface area contributed by atoms with E-state index < -0.39 is 5.60 Å². The molecule has 1 heterocycles. The van der Waals surface area contributed by atoms with Crippen LogP contribution in [0.2, 0.25) is 0 Å². The minimum atomic E-state index is -0.804. The van der Waals surface area contributed by atoms with Gasteiger partial charge >= 0.3 is 0 Å². The fourth-order valence-corrected chi connectivity index (χ4v) is 3.33. The Bertz CT molecular complexity index is 638. The Morgan fingerprint density at radius 1 is 1.26 bits per heavy atom. The lowest BCUT2D eigenvalue weighted by molar-refractivity contribution is 0.0792. The summed E-state index contributed by atoms with van der Waals surface area (Å²) in [5.41, 5.74) is 5.14. The van der Waals surface area contributed by atoms with Crippen LogP contribution in [-0.2, 0) is 24.9 Å². The van der Waals surface area contributed by atoms with E-state index in [2.05, 4.69) is 25.1 Å². The van der Waals surface area contributed by atoms with Crippen LogP contribution in [0, 0.1) is 0 Å². The van der Waals surface area contributed by atoms with Crippen LogP contribution in [-0.4, -0.2) is 10.1 Å². The second kappa shape index (κ2) is 4.31. The molecule has 0 spiro atoms. The molecule has 2 heteroatoms. The van der Waals surface area contributed by atoms with Crippen molar-refractivity contribution in [2.75, 3.05) is 0 Å². The topological polar surface area (TPSA) is 33.1 Å². The zero-order valence-electron chi connectivity index (χ0n) is 12.0. The van der Waals surface area contributed by atoms with E-state index >= 15 is 0 Å². The predicted molar refractivity (Wildman–Crippen MR) is 78.4 cm³/mol. The number of rotatable bonds is 2. The highest BCUT2D eigenvalue weighted by atomic mass is 16.3. The molecule has 0 unspecified atom stereocenters. The molecule has 0 aliphatic heterocycles. The van der Waals surface area contributed by atoms with Crippen LogP contribution in [0.5, 0.6) is 0 Å². The lowest BCUT2D eigenvalue weighted by Crippen LogP contribution is -2.19. The van der Waals surface area contributed by atoms with E-state index in [1.54, 1.807) is 0 Å². The highest BCUT2D eigenvalue weighted by Crippen LogP contribution is 2.37. The van der Waals surface area contributed by atoms with Crippen molar-refractivity contribution in [3.05, 3.63) is 40.6 Å². The standard InChI is InChI=1S/C17H21NO/c1-4-11-7-5-9-13-15(17(2,3)19)12-8-6-10-14(12)18-16(11)13/h5,7,9,19H,4,6,8,10H2,1-3H3. The summed E-state index contributed by atoms with van der Waals surface area (Å²) in [5.74, 6) is 0. The minimum absolute atomic E-state index is 0.804. The number of nitrogens with zero attached hydrogens (tertiary/aromatic N) is 1. The fraction of sp³-hybridized carbons (Fsp3) is 0.471. The van der Waals surface area contributed by atoms with Crippen molar-refractivity contribution in [1.82, 2.24) is 4.98 Å². The average Bonchev–Trinajstić information content (AvgIpc) is 2.80. The molecule has 1 aliphatic carbocycles. The number of aromatic nitrogens is 1. The van der Waals surface area contributed by atoms with Gasteiger partial charge in [0.15, 0.2) is 0 Å². The van der Waals surface area contributed by atoms with E-state index in [9.17, 15) is 5.11 Å². The van der Waals surface area contributed by atoms with Crippen LogP contribution in [0.15, 0.2) is 18.2 Å². The van der Waals surface area contributed by atoms with Gasteiger partial charge < -0.3 is 5.11 Å². The van der Waals surface area contributed by atoms with Gasteiger partial charge in [0.1, 0.15) is 0 Å². The first kappa shape index (κ1) is 12.6. The Hall–Kier alpha value is -1.41. The molecule has 2 aromatic rings. The average molecular weight is 255 g/mol. The first-order chi connectivity index (χ1) is 9.02. The Labute approximate surface area is 114 Å². The van der Waals surface area contributed by atoms with Crippen LogP contribution in [0.3, 0.4) is 0 Å². The summed E-state index contributed by atoms with van der Waals surface area (Å²) in [6.07, 6.45) is 4.23. The van der Waals surface area contributed by atoms with Gasteiger partial charge in [0.2, 0.25) is 0 Å². The molecule has 100 valence electrons. The zero-order valence-corrected chi connectivity index (χ0v) is 12.0. The van der Waals surface area contributed by atoms with Crippen molar-refractivity contribution in [2.24, 2.45) is 0 Å². The van der Waals surface area contributed by atoms with E-state index in [-0.39, 0.29) is 0 Å². The highest BCUT2D eigenvalue weighted by Gasteiger charge is 2.28. The molecule has 0 amide bonds. The van der Waals surface area contributed by atoms with Gasteiger partial charge in [-0.15, -0.1) is 0 Å². The molecule has 3 rings (SSSR count). The maximum Gasteiger partial charge on any atom is 0.0850 e. The van der Waals surface area contributed by atoms with Crippen LogP contribution < -0.4 is 0 Å². The van der Waals surface area contributed by atoms with E-state index in [1.807, 2.05) is 13.8 Å². The number of aliphatic hydroxyl groups is 1. The lowest BCUT2D eigenvalue weighted by Gasteiger charge is -2.24. The van der Waals surface area contributed by atoms with Gasteiger partial charge in [-0.3, -0.25) is 4.98 Å². The summed E-state index contributed by atoms with van der Waals surface area (Å²) in [7, 11) is 0. The van der Waals surface area contributed by atoms with E-state index in [4.69, 9.17) is 4.98 Å². The molecular formula is C17H21NO. The number of para-hydroxylation sites is 1. The van der Waals surface area contributed by atoms with Crippen molar-refractivity contribution >= 4 is 10.9 Å². The van der Waals surface area contributed by atoms with E-state index in [0.717, 1.165) is 42.1 Å². The minimum Gasteiger partial charge on any atom is -0.386 e. The Balaban J connectivity index is 2.44. The van der Waals surface area contributed by atoms with Crippen LogP contribution in [0.1, 0.15) is 49.6 Å². The smallest absolute Gasteiger partial charge is 0.0850 e. The zero-order chi connectivity index (χ0) is 13.6. The van der Waals surface area contributed by atoms with Crippen molar-refractivity contribution in [3.8, 4) is 0 Å². The molecule has 0 saturated heterocycles. The quantitative estimate of drug-likeness (QED) is 0.890. The third-order valence-corrected chi connectivity index (χ3v) is 4.12. The highest BCUT2D eigenvalue weighted by molar-refractivity contribution is 5.87. The maximum atomic E-state index is 10.6. The van der Waals surface area contributed by atoms with Crippen molar-refractivity contribution < 1.29 is 5.11 Å². The summed E-state index contributed by atoms with van der Waals surface area (Å²) < 4.78 is 0. The Kier molecular flexibility index (Phi) is 2.86. The molecule has 0 fully saturated rings. The monoisotopic (exact) mass is 255 g/mol. The molecule has 2 nitrogen and oxygen atoms in total.